The first-order chi connectivity index (χ1) is 11.5. The molecule has 1 aromatic carbocycles. The van der Waals surface area contributed by atoms with Crippen molar-refractivity contribution in [3.8, 4) is 0 Å². The number of fused-ring (bicyclic) bond motifs is 1. The molecule has 24 heavy (non-hydrogen) atoms. The predicted molar refractivity (Wildman–Crippen MR) is 85.2 cm³/mol. The van der Waals surface area contributed by atoms with Gasteiger partial charge in [0, 0.05) is 6.04 Å². The van der Waals surface area contributed by atoms with E-state index in [9.17, 15) is 13.2 Å². The van der Waals surface area contributed by atoms with Gasteiger partial charge in [-0.3, -0.25) is 0 Å². The number of sulfonamides is 1. The fourth-order valence-corrected chi connectivity index (χ4v) is 4.43. The van der Waals surface area contributed by atoms with E-state index in [0.29, 0.717) is 31.6 Å². The average molecular weight is 355 g/mol. The number of methoxy groups -OCH3 is 1. The van der Waals surface area contributed by atoms with Crippen molar-refractivity contribution in [2.24, 2.45) is 0 Å². The zero-order chi connectivity index (χ0) is 17.2. The summed E-state index contributed by atoms with van der Waals surface area (Å²) in [5, 5.41) is 0. The second-order valence-corrected chi connectivity index (χ2v) is 7.68. The highest BCUT2D eigenvalue weighted by molar-refractivity contribution is 7.89. The molecule has 1 saturated carbocycles. The van der Waals surface area contributed by atoms with Gasteiger partial charge in [-0.15, -0.1) is 0 Å². The van der Waals surface area contributed by atoms with Crippen molar-refractivity contribution in [2.75, 3.05) is 20.3 Å². The molecule has 1 aromatic rings. The zero-order valence-electron chi connectivity index (χ0n) is 13.4. The number of carbonyl (C=O) groups excluding carboxylic acids is 1. The third kappa shape index (κ3) is 3.77. The molecule has 3 rings (SSSR count). The van der Waals surface area contributed by atoms with Gasteiger partial charge in [0.15, 0.2) is 0 Å². The summed E-state index contributed by atoms with van der Waals surface area (Å²) in [5.74, 6) is -0.500. The second kappa shape index (κ2) is 7.18. The Hall–Kier alpha value is -1.48. The van der Waals surface area contributed by atoms with E-state index in [4.69, 9.17) is 9.47 Å². The largest absolute Gasteiger partial charge is 0.465 e. The van der Waals surface area contributed by atoms with Crippen molar-refractivity contribution in [1.82, 2.24) is 4.72 Å². The van der Waals surface area contributed by atoms with Crippen molar-refractivity contribution < 1.29 is 27.4 Å². The molecule has 132 valence electrons. The summed E-state index contributed by atoms with van der Waals surface area (Å²) in [6.45, 7) is 1.15. The fraction of sp³-hybridized carbons (Fsp3) is 0.562. The lowest BCUT2D eigenvalue weighted by Crippen LogP contribution is -2.49. The first kappa shape index (κ1) is 17.3. The van der Waals surface area contributed by atoms with Gasteiger partial charge >= 0.3 is 5.97 Å². The van der Waals surface area contributed by atoms with Crippen LogP contribution in [0.1, 0.15) is 29.6 Å². The van der Waals surface area contributed by atoms with Crippen LogP contribution in [0.2, 0.25) is 0 Å². The highest BCUT2D eigenvalue weighted by Crippen LogP contribution is 2.27. The Balaban J connectivity index is 1.66. The van der Waals surface area contributed by atoms with Crippen LogP contribution in [-0.4, -0.2) is 53.0 Å². The van der Waals surface area contributed by atoms with Crippen LogP contribution in [0.15, 0.2) is 29.2 Å². The van der Waals surface area contributed by atoms with Crippen LogP contribution in [0.25, 0.3) is 0 Å². The van der Waals surface area contributed by atoms with Crippen LogP contribution in [0.5, 0.6) is 0 Å². The Kier molecular flexibility index (Phi) is 5.19. The first-order valence-electron chi connectivity index (χ1n) is 7.93. The molecule has 1 aliphatic carbocycles. The predicted octanol–water partition coefficient (Wildman–Crippen LogP) is 1.09. The van der Waals surface area contributed by atoms with E-state index in [1.54, 1.807) is 0 Å². The van der Waals surface area contributed by atoms with Gasteiger partial charge in [0.1, 0.15) is 0 Å². The van der Waals surface area contributed by atoms with Gasteiger partial charge in [-0.05, 0) is 43.5 Å². The molecule has 1 aliphatic heterocycles. The fourth-order valence-electron chi connectivity index (χ4n) is 3.15. The normalized spacial score (nSPS) is 27.3. The minimum Gasteiger partial charge on any atom is -0.465 e. The maximum absolute atomic E-state index is 12.5. The molecule has 8 heteroatoms. The van der Waals surface area contributed by atoms with Crippen LogP contribution in [0.4, 0.5) is 0 Å². The number of hydrogen-bond acceptors (Lipinski definition) is 6. The maximum Gasteiger partial charge on any atom is 0.337 e. The van der Waals surface area contributed by atoms with Crippen molar-refractivity contribution in [3.63, 3.8) is 0 Å². The molecular formula is C16H21NO6S. The Morgan fingerprint density at radius 3 is 2.46 bits per heavy atom. The van der Waals surface area contributed by atoms with E-state index in [0.717, 1.165) is 6.42 Å². The van der Waals surface area contributed by atoms with Crippen LogP contribution in [-0.2, 0) is 24.2 Å². The van der Waals surface area contributed by atoms with Crippen LogP contribution in [0, 0.1) is 0 Å². The van der Waals surface area contributed by atoms with Gasteiger partial charge in [-0.1, -0.05) is 0 Å². The van der Waals surface area contributed by atoms with Gasteiger partial charge in [0.2, 0.25) is 10.0 Å². The number of hydrogen-bond donors (Lipinski definition) is 1. The molecule has 2 fully saturated rings. The molecule has 2 aliphatic rings. The monoisotopic (exact) mass is 355 g/mol. The molecule has 3 atom stereocenters. The van der Waals surface area contributed by atoms with Gasteiger partial charge in [-0.25, -0.2) is 17.9 Å². The van der Waals surface area contributed by atoms with Crippen LogP contribution >= 0.6 is 0 Å². The number of benzene rings is 1. The average Bonchev–Trinajstić information content (AvgIpc) is 2.60. The summed E-state index contributed by atoms with van der Waals surface area (Å²) in [6, 6.07) is 5.50. The number of rotatable bonds is 4. The summed E-state index contributed by atoms with van der Waals surface area (Å²) in [5.41, 5.74) is 0.310. The van der Waals surface area contributed by atoms with Gasteiger partial charge in [-0.2, -0.15) is 0 Å². The van der Waals surface area contributed by atoms with E-state index < -0.39 is 16.0 Å². The SMILES string of the molecule is COC(=O)c1ccc(S(=O)(=O)NC2CCC3OCCOC3C2)cc1. The van der Waals surface area contributed by atoms with E-state index in [1.807, 2.05) is 0 Å². The Morgan fingerprint density at radius 1 is 1.12 bits per heavy atom. The first-order valence-corrected chi connectivity index (χ1v) is 9.42. The lowest BCUT2D eigenvalue weighted by Gasteiger charge is -2.38. The molecule has 1 N–H and O–H groups in total. The third-order valence-electron chi connectivity index (χ3n) is 4.39. The third-order valence-corrected chi connectivity index (χ3v) is 5.92. The lowest BCUT2D eigenvalue weighted by atomic mass is 9.90. The minimum absolute atomic E-state index is 0.0538. The Labute approximate surface area is 141 Å². The number of nitrogens with one attached hydrogen (secondary N) is 1. The number of ether oxygens (including phenoxy) is 3. The van der Waals surface area contributed by atoms with Crippen LogP contribution < -0.4 is 4.72 Å². The molecule has 0 radical (unpaired) electrons. The molecule has 3 unspecified atom stereocenters. The van der Waals surface area contributed by atoms with Gasteiger partial charge in [0.25, 0.3) is 0 Å². The Morgan fingerprint density at radius 2 is 1.79 bits per heavy atom. The summed E-state index contributed by atoms with van der Waals surface area (Å²) in [6.07, 6.45) is 2.11. The molecule has 1 heterocycles. The molecule has 7 nitrogen and oxygen atoms in total. The van der Waals surface area contributed by atoms with Crippen molar-refractivity contribution in [3.05, 3.63) is 29.8 Å². The standard InChI is InChI=1S/C16H21NO6S/c1-21-16(18)11-2-5-13(6-3-11)24(19,20)17-12-4-7-14-15(10-12)23-9-8-22-14/h2-3,5-6,12,14-15,17H,4,7-10H2,1H3. The van der Waals surface area contributed by atoms with Crippen molar-refractivity contribution >= 4 is 16.0 Å². The van der Waals surface area contributed by atoms with E-state index in [-0.39, 0.29) is 23.1 Å². The molecule has 0 aromatic heterocycles. The molecule has 0 spiro atoms. The molecular weight excluding hydrogens is 334 g/mol. The minimum atomic E-state index is -3.65. The van der Waals surface area contributed by atoms with E-state index >= 15 is 0 Å². The smallest absolute Gasteiger partial charge is 0.337 e. The number of carbonyl (C=O) groups is 1. The quantitative estimate of drug-likeness (QED) is 0.813. The maximum atomic E-state index is 12.5. The molecule has 1 saturated heterocycles. The highest BCUT2D eigenvalue weighted by atomic mass is 32.2. The van der Waals surface area contributed by atoms with Crippen LogP contribution in [0.3, 0.4) is 0 Å². The van der Waals surface area contributed by atoms with E-state index in [2.05, 4.69) is 9.46 Å². The lowest BCUT2D eigenvalue weighted by molar-refractivity contribution is -0.156. The Bertz CT molecular complexity index is 687. The summed E-state index contributed by atoms with van der Waals surface area (Å²) in [4.78, 5) is 11.5. The summed E-state index contributed by atoms with van der Waals surface area (Å²) in [7, 11) is -2.37. The van der Waals surface area contributed by atoms with Crippen molar-refractivity contribution in [2.45, 2.75) is 42.4 Å². The topological polar surface area (TPSA) is 90.9 Å². The second-order valence-electron chi connectivity index (χ2n) is 5.97. The zero-order valence-corrected chi connectivity index (χ0v) is 14.3. The van der Waals surface area contributed by atoms with Crippen molar-refractivity contribution in [1.29, 1.82) is 0 Å². The number of esters is 1. The highest BCUT2D eigenvalue weighted by Gasteiger charge is 2.35. The van der Waals surface area contributed by atoms with E-state index in [1.165, 1.54) is 31.4 Å². The molecule has 0 bridgehead atoms. The summed E-state index contributed by atoms with van der Waals surface area (Å²) >= 11 is 0. The summed E-state index contributed by atoms with van der Waals surface area (Å²) < 4.78 is 43.7. The van der Waals surface area contributed by atoms with Gasteiger partial charge in [0.05, 0.1) is 43.0 Å². The van der Waals surface area contributed by atoms with Gasteiger partial charge < -0.3 is 14.2 Å². The molecule has 0 amide bonds.